The van der Waals surface area contributed by atoms with Crippen LogP contribution in [0.3, 0.4) is 0 Å². The maximum Gasteiger partial charge on any atom is 0.147 e. The zero-order valence-electron chi connectivity index (χ0n) is 12.5. The Morgan fingerprint density at radius 2 is 2.21 bits per heavy atom. The minimum Gasteiger partial charge on any atom is -0.355 e. The topological polar surface area (TPSA) is 32.3 Å². The van der Waals surface area contributed by atoms with Crippen LogP contribution in [-0.2, 0) is 0 Å². The van der Waals surface area contributed by atoms with E-state index < -0.39 is 0 Å². The second-order valence-electron chi connectivity index (χ2n) is 5.92. The van der Waals surface area contributed by atoms with Crippen LogP contribution >= 0.6 is 0 Å². The molecule has 0 bridgehead atoms. The van der Waals surface area contributed by atoms with Gasteiger partial charge in [0, 0.05) is 19.3 Å². The van der Waals surface area contributed by atoms with Crippen LogP contribution < -0.4 is 4.90 Å². The number of anilines is 1. The molecule has 0 aromatic carbocycles. The summed E-state index contributed by atoms with van der Waals surface area (Å²) >= 11 is 0. The van der Waals surface area contributed by atoms with Crippen molar-refractivity contribution in [1.82, 2.24) is 14.9 Å². The van der Waals surface area contributed by atoms with Gasteiger partial charge in [0.05, 0.1) is 11.9 Å². The number of hydrogen-bond acceptors (Lipinski definition) is 4. The summed E-state index contributed by atoms with van der Waals surface area (Å²) < 4.78 is 0. The van der Waals surface area contributed by atoms with Crippen molar-refractivity contribution in [3.05, 3.63) is 18.1 Å². The normalized spacial score (nSPS) is 20.0. The summed E-state index contributed by atoms with van der Waals surface area (Å²) in [5, 5.41) is 0. The summed E-state index contributed by atoms with van der Waals surface area (Å²) in [4.78, 5) is 13.5. The highest BCUT2D eigenvalue weighted by molar-refractivity contribution is 5.36. The van der Waals surface area contributed by atoms with E-state index in [1.54, 1.807) is 0 Å². The maximum atomic E-state index is 4.60. The maximum absolute atomic E-state index is 4.60. The van der Waals surface area contributed by atoms with Crippen molar-refractivity contribution in [2.75, 3.05) is 38.6 Å². The molecule has 1 saturated heterocycles. The largest absolute Gasteiger partial charge is 0.355 e. The number of rotatable bonds is 5. The molecular formula is C15H26N4. The lowest BCUT2D eigenvalue weighted by molar-refractivity contribution is 0.337. The predicted octanol–water partition coefficient (Wildman–Crippen LogP) is 2.34. The zero-order valence-corrected chi connectivity index (χ0v) is 12.5. The molecule has 4 nitrogen and oxygen atoms in total. The molecule has 106 valence electrons. The van der Waals surface area contributed by atoms with Gasteiger partial charge in [-0.15, -0.1) is 0 Å². The molecule has 0 aliphatic carbocycles. The van der Waals surface area contributed by atoms with E-state index in [4.69, 9.17) is 0 Å². The fraction of sp³-hybridized carbons (Fsp3) is 0.733. The minimum atomic E-state index is 0.816. The van der Waals surface area contributed by atoms with Crippen LogP contribution in [0, 0.1) is 12.8 Å². The molecule has 19 heavy (non-hydrogen) atoms. The molecule has 2 rings (SSSR count). The Hall–Kier alpha value is -1.16. The molecule has 0 N–H and O–H groups in total. The predicted molar refractivity (Wildman–Crippen MR) is 79.5 cm³/mol. The van der Waals surface area contributed by atoms with E-state index in [1.165, 1.54) is 32.2 Å². The third-order valence-corrected chi connectivity index (χ3v) is 3.80. The number of aromatic nitrogens is 2. The molecule has 1 aliphatic rings. The summed E-state index contributed by atoms with van der Waals surface area (Å²) in [5.41, 5.74) is 1.01. The summed E-state index contributed by atoms with van der Waals surface area (Å²) in [6.45, 7) is 5.48. The van der Waals surface area contributed by atoms with Crippen LogP contribution in [-0.4, -0.2) is 48.6 Å². The van der Waals surface area contributed by atoms with Crippen LogP contribution in [0.25, 0.3) is 0 Å². The van der Waals surface area contributed by atoms with Crippen LogP contribution in [0.1, 0.15) is 31.4 Å². The van der Waals surface area contributed by atoms with Crippen molar-refractivity contribution in [3.63, 3.8) is 0 Å². The highest BCUT2D eigenvalue weighted by Crippen LogP contribution is 2.24. The lowest BCUT2D eigenvalue weighted by Crippen LogP contribution is -2.36. The number of hydrogen-bond donors (Lipinski definition) is 0. The summed E-state index contributed by atoms with van der Waals surface area (Å²) in [7, 11) is 4.30. The molecule has 1 unspecified atom stereocenters. The standard InChI is InChI=1S/C15H26N4/c1-13-10-16-11-15(17-13)19-9-5-7-14(12-19)6-4-8-18(2)3/h10-11,14H,4-9,12H2,1-3H3. The number of aryl methyl sites for hydroxylation is 1. The van der Waals surface area contributed by atoms with Crippen molar-refractivity contribution in [1.29, 1.82) is 0 Å². The van der Waals surface area contributed by atoms with E-state index >= 15 is 0 Å². The van der Waals surface area contributed by atoms with Gasteiger partial charge >= 0.3 is 0 Å². The van der Waals surface area contributed by atoms with Crippen LogP contribution in [0.15, 0.2) is 12.4 Å². The van der Waals surface area contributed by atoms with Gasteiger partial charge in [-0.3, -0.25) is 4.98 Å². The molecule has 1 aliphatic heterocycles. The SMILES string of the molecule is Cc1cncc(N2CCCC(CCCN(C)C)C2)n1. The Morgan fingerprint density at radius 1 is 1.37 bits per heavy atom. The molecule has 0 amide bonds. The van der Waals surface area contributed by atoms with Crippen molar-refractivity contribution in [3.8, 4) is 0 Å². The van der Waals surface area contributed by atoms with Crippen LogP contribution in [0.5, 0.6) is 0 Å². The van der Waals surface area contributed by atoms with Gasteiger partial charge in [0.25, 0.3) is 0 Å². The van der Waals surface area contributed by atoms with Gasteiger partial charge in [0.1, 0.15) is 5.82 Å². The van der Waals surface area contributed by atoms with Gasteiger partial charge < -0.3 is 9.80 Å². The molecule has 1 fully saturated rings. The van der Waals surface area contributed by atoms with Crippen molar-refractivity contribution < 1.29 is 0 Å². The second-order valence-corrected chi connectivity index (χ2v) is 5.92. The number of nitrogens with zero attached hydrogens (tertiary/aromatic N) is 4. The van der Waals surface area contributed by atoms with Gasteiger partial charge in [0.15, 0.2) is 0 Å². The van der Waals surface area contributed by atoms with Gasteiger partial charge in [-0.05, 0) is 59.2 Å². The Morgan fingerprint density at radius 3 is 2.95 bits per heavy atom. The quantitative estimate of drug-likeness (QED) is 0.815. The Labute approximate surface area is 116 Å². The van der Waals surface area contributed by atoms with Crippen LogP contribution in [0.4, 0.5) is 5.82 Å². The highest BCUT2D eigenvalue weighted by atomic mass is 15.2. The summed E-state index contributed by atoms with van der Waals surface area (Å²) in [6, 6.07) is 0. The molecule has 1 atom stereocenters. The van der Waals surface area contributed by atoms with E-state index in [-0.39, 0.29) is 0 Å². The smallest absolute Gasteiger partial charge is 0.147 e. The highest BCUT2D eigenvalue weighted by Gasteiger charge is 2.20. The molecule has 4 heteroatoms. The first kappa shape index (κ1) is 14.3. The van der Waals surface area contributed by atoms with Crippen LogP contribution in [0.2, 0.25) is 0 Å². The number of piperidine rings is 1. The molecule has 0 saturated carbocycles. The Kier molecular flexibility index (Phi) is 5.14. The Balaban J connectivity index is 1.86. The van der Waals surface area contributed by atoms with Gasteiger partial charge in [0.2, 0.25) is 0 Å². The summed E-state index contributed by atoms with van der Waals surface area (Å²) in [6.07, 6.45) is 8.99. The molecule has 1 aromatic heterocycles. The molecule has 0 radical (unpaired) electrons. The second kappa shape index (κ2) is 6.85. The Bertz CT molecular complexity index is 391. The monoisotopic (exact) mass is 262 g/mol. The fourth-order valence-electron chi connectivity index (χ4n) is 2.81. The molecule has 1 aromatic rings. The van der Waals surface area contributed by atoms with E-state index in [1.807, 2.05) is 19.3 Å². The van der Waals surface area contributed by atoms with E-state index in [0.717, 1.165) is 30.5 Å². The summed E-state index contributed by atoms with van der Waals surface area (Å²) in [5.74, 6) is 1.87. The first-order chi connectivity index (χ1) is 9.15. The average molecular weight is 262 g/mol. The third kappa shape index (κ3) is 4.46. The zero-order chi connectivity index (χ0) is 13.7. The minimum absolute atomic E-state index is 0.816. The van der Waals surface area contributed by atoms with E-state index in [2.05, 4.69) is 33.9 Å². The van der Waals surface area contributed by atoms with Crippen molar-refractivity contribution in [2.45, 2.75) is 32.6 Å². The molecule has 0 spiro atoms. The fourth-order valence-corrected chi connectivity index (χ4v) is 2.81. The van der Waals surface area contributed by atoms with Gasteiger partial charge in [-0.1, -0.05) is 0 Å². The van der Waals surface area contributed by atoms with E-state index in [0.29, 0.717) is 0 Å². The first-order valence-electron chi connectivity index (χ1n) is 7.33. The van der Waals surface area contributed by atoms with Gasteiger partial charge in [-0.25, -0.2) is 4.98 Å². The molecular weight excluding hydrogens is 236 g/mol. The van der Waals surface area contributed by atoms with Crippen molar-refractivity contribution in [2.24, 2.45) is 5.92 Å². The lowest BCUT2D eigenvalue weighted by atomic mass is 9.93. The van der Waals surface area contributed by atoms with Gasteiger partial charge in [-0.2, -0.15) is 0 Å². The third-order valence-electron chi connectivity index (χ3n) is 3.80. The average Bonchev–Trinajstić information content (AvgIpc) is 2.39. The van der Waals surface area contributed by atoms with Crippen molar-refractivity contribution >= 4 is 5.82 Å². The lowest BCUT2D eigenvalue weighted by Gasteiger charge is -2.33. The molecule has 2 heterocycles. The first-order valence-corrected chi connectivity index (χ1v) is 7.33. The van der Waals surface area contributed by atoms with E-state index in [9.17, 15) is 0 Å².